The van der Waals surface area contributed by atoms with Gasteiger partial charge in [-0.3, -0.25) is 4.90 Å². The third kappa shape index (κ3) is 2.78. The molecule has 108 valence electrons. The van der Waals surface area contributed by atoms with Gasteiger partial charge in [0.15, 0.2) is 0 Å². The van der Waals surface area contributed by atoms with Crippen LogP contribution in [0.15, 0.2) is 23.4 Å². The van der Waals surface area contributed by atoms with Crippen LogP contribution in [0.1, 0.15) is 17.5 Å². The van der Waals surface area contributed by atoms with Gasteiger partial charge in [-0.1, -0.05) is 17.3 Å². The van der Waals surface area contributed by atoms with E-state index in [-0.39, 0.29) is 0 Å². The van der Waals surface area contributed by atoms with Crippen LogP contribution in [-0.4, -0.2) is 55.3 Å². The molecule has 1 aliphatic carbocycles. The minimum absolute atomic E-state index is 0.683. The molecule has 0 bridgehead atoms. The molecule has 3 rings (SSSR count). The summed E-state index contributed by atoms with van der Waals surface area (Å²) in [6.45, 7) is 5.21. The maximum atomic E-state index is 8.98. The Bertz CT molecular complexity index is 496. The summed E-state index contributed by atoms with van der Waals surface area (Å²) in [5.41, 5.74) is 2.96. The molecular formula is C15H20N2O3. The monoisotopic (exact) mass is 276 g/mol. The minimum atomic E-state index is 0.683. The van der Waals surface area contributed by atoms with Crippen molar-refractivity contribution in [2.75, 3.05) is 39.5 Å². The standard InChI is InChI=1S/C15H20N2O3/c18-16-14-5-4-13-12(14)2-1-3-15(13)20-11-8-17-6-9-19-10-7-17/h1-3,18H,4-11H2. The highest BCUT2D eigenvalue weighted by Gasteiger charge is 2.21. The fourth-order valence-corrected chi connectivity index (χ4v) is 2.82. The number of nitrogens with zero attached hydrogens (tertiary/aromatic N) is 2. The van der Waals surface area contributed by atoms with Gasteiger partial charge in [0.2, 0.25) is 0 Å². The zero-order valence-electron chi connectivity index (χ0n) is 11.5. The molecule has 0 atom stereocenters. The van der Waals surface area contributed by atoms with E-state index in [4.69, 9.17) is 14.7 Å². The van der Waals surface area contributed by atoms with Crippen LogP contribution >= 0.6 is 0 Å². The van der Waals surface area contributed by atoms with Crippen molar-refractivity contribution >= 4 is 5.71 Å². The topological polar surface area (TPSA) is 54.3 Å². The lowest BCUT2D eigenvalue weighted by molar-refractivity contribution is 0.0322. The van der Waals surface area contributed by atoms with E-state index >= 15 is 0 Å². The highest BCUT2D eigenvalue weighted by molar-refractivity contribution is 6.04. The smallest absolute Gasteiger partial charge is 0.123 e. The van der Waals surface area contributed by atoms with E-state index in [1.165, 1.54) is 5.56 Å². The Kier molecular flexibility index (Phi) is 4.18. The first kappa shape index (κ1) is 13.4. The lowest BCUT2D eigenvalue weighted by Crippen LogP contribution is -2.38. The quantitative estimate of drug-likeness (QED) is 0.669. The first-order valence-electron chi connectivity index (χ1n) is 7.14. The fourth-order valence-electron chi connectivity index (χ4n) is 2.82. The number of oxime groups is 1. The molecule has 1 fully saturated rings. The Hall–Kier alpha value is -1.59. The Labute approximate surface area is 118 Å². The van der Waals surface area contributed by atoms with Gasteiger partial charge in [-0.15, -0.1) is 0 Å². The molecular weight excluding hydrogens is 256 g/mol. The lowest BCUT2D eigenvalue weighted by Gasteiger charge is -2.26. The SMILES string of the molecule is ON=C1CCc2c(OCCN3CCOCC3)cccc21. The maximum Gasteiger partial charge on any atom is 0.123 e. The third-order valence-corrected chi connectivity index (χ3v) is 3.95. The molecule has 1 aromatic rings. The van der Waals surface area contributed by atoms with Crippen molar-refractivity contribution in [2.24, 2.45) is 5.16 Å². The Morgan fingerprint density at radius 1 is 1.25 bits per heavy atom. The lowest BCUT2D eigenvalue weighted by atomic mass is 10.1. The van der Waals surface area contributed by atoms with Crippen LogP contribution in [0.3, 0.4) is 0 Å². The van der Waals surface area contributed by atoms with Gasteiger partial charge >= 0.3 is 0 Å². The Morgan fingerprint density at radius 3 is 2.90 bits per heavy atom. The number of hydrogen-bond donors (Lipinski definition) is 1. The molecule has 1 saturated heterocycles. The summed E-state index contributed by atoms with van der Waals surface area (Å²) in [4.78, 5) is 2.35. The van der Waals surface area contributed by atoms with Crippen LogP contribution in [0.5, 0.6) is 5.75 Å². The highest BCUT2D eigenvalue weighted by atomic mass is 16.5. The number of benzene rings is 1. The largest absolute Gasteiger partial charge is 0.492 e. The molecule has 20 heavy (non-hydrogen) atoms. The molecule has 5 nitrogen and oxygen atoms in total. The summed E-state index contributed by atoms with van der Waals surface area (Å²) >= 11 is 0. The van der Waals surface area contributed by atoms with Crippen molar-refractivity contribution in [1.82, 2.24) is 4.90 Å². The average Bonchev–Trinajstić information content (AvgIpc) is 2.92. The zero-order chi connectivity index (χ0) is 13.8. The minimum Gasteiger partial charge on any atom is -0.492 e. The number of morpholine rings is 1. The molecule has 0 saturated carbocycles. The molecule has 0 aromatic heterocycles. The fraction of sp³-hybridized carbons (Fsp3) is 0.533. The van der Waals surface area contributed by atoms with Gasteiger partial charge in [0.05, 0.1) is 18.9 Å². The van der Waals surface area contributed by atoms with Crippen LogP contribution in [0, 0.1) is 0 Å². The van der Waals surface area contributed by atoms with Crippen LogP contribution < -0.4 is 4.74 Å². The van der Waals surface area contributed by atoms with Gasteiger partial charge < -0.3 is 14.7 Å². The van der Waals surface area contributed by atoms with Crippen LogP contribution in [0.4, 0.5) is 0 Å². The van der Waals surface area contributed by atoms with E-state index in [2.05, 4.69) is 10.1 Å². The van der Waals surface area contributed by atoms with Crippen LogP contribution in [0.2, 0.25) is 0 Å². The van der Waals surface area contributed by atoms with Gasteiger partial charge in [0, 0.05) is 30.8 Å². The van der Waals surface area contributed by atoms with Crippen molar-refractivity contribution in [3.63, 3.8) is 0 Å². The van der Waals surface area contributed by atoms with Crippen molar-refractivity contribution in [3.8, 4) is 5.75 Å². The first-order chi connectivity index (χ1) is 9.88. The molecule has 0 amide bonds. The number of ether oxygens (including phenoxy) is 2. The molecule has 0 unspecified atom stereocenters. The number of fused-ring (bicyclic) bond motifs is 1. The number of hydrogen-bond acceptors (Lipinski definition) is 5. The molecule has 1 heterocycles. The van der Waals surface area contributed by atoms with Crippen molar-refractivity contribution in [2.45, 2.75) is 12.8 Å². The number of rotatable bonds is 4. The second-order valence-corrected chi connectivity index (χ2v) is 5.13. The molecule has 1 aromatic carbocycles. The predicted octanol–water partition coefficient (Wildman–Crippen LogP) is 1.52. The molecule has 1 aliphatic heterocycles. The second kappa shape index (κ2) is 6.24. The maximum absolute atomic E-state index is 8.98. The average molecular weight is 276 g/mol. The van der Waals surface area contributed by atoms with E-state index < -0.39 is 0 Å². The zero-order valence-corrected chi connectivity index (χ0v) is 11.5. The first-order valence-corrected chi connectivity index (χ1v) is 7.14. The van der Waals surface area contributed by atoms with Gasteiger partial charge in [0.25, 0.3) is 0 Å². The van der Waals surface area contributed by atoms with Gasteiger partial charge in [-0.25, -0.2) is 0 Å². The molecule has 1 N–H and O–H groups in total. The van der Waals surface area contributed by atoms with E-state index in [0.717, 1.165) is 62.7 Å². The van der Waals surface area contributed by atoms with Crippen molar-refractivity contribution in [1.29, 1.82) is 0 Å². The summed E-state index contributed by atoms with van der Waals surface area (Å²) in [6.07, 6.45) is 1.68. The Balaban J connectivity index is 1.60. The molecule has 0 radical (unpaired) electrons. The van der Waals surface area contributed by atoms with Crippen molar-refractivity contribution in [3.05, 3.63) is 29.3 Å². The van der Waals surface area contributed by atoms with E-state index in [1.807, 2.05) is 18.2 Å². The van der Waals surface area contributed by atoms with Gasteiger partial charge in [-0.05, 0) is 18.9 Å². The normalized spacial score (nSPS) is 21.1. The third-order valence-electron chi connectivity index (χ3n) is 3.95. The highest BCUT2D eigenvalue weighted by Crippen LogP contribution is 2.30. The van der Waals surface area contributed by atoms with Crippen LogP contribution in [0.25, 0.3) is 0 Å². The van der Waals surface area contributed by atoms with E-state index in [9.17, 15) is 0 Å². The molecule has 2 aliphatic rings. The van der Waals surface area contributed by atoms with E-state index in [0.29, 0.717) is 6.61 Å². The van der Waals surface area contributed by atoms with E-state index in [1.54, 1.807) is 0 Å². The second-order valence-electron chi connectivity index (χ2n) is 5.13. The van der Waals surface area contributed by atoms with Crippen molar-refractivity contribution < 1.29 is 14.7 Å². The molecule has 5 heteroatoms. The summed E-state index contributed by atoms with van der Waals surface area (Å²) < 4.78 is 11.3. The van der Waals surface area contributed by atoms with Crippen LogP contribution in [-0.2, 0) is 11.2 Å². The summed E-state index contributed by atoms with van der Waals surface area (Å²) in [7, 11) is 0. The summed E-state index contributed by atoms with van der Waals surface area (Å²) in [5, 5.41) is 12.3. The summed E-state index contributed by atoms with van der Waals surface area (Å²) in [5.74, 6) is 0.925. The predicted molar refractivity (Wildman–Crippen MR) is 75.8 cm³/mol. The Morgan fingerprint density at radius 2 is 2.10 bits per heavy atom. The summed E-state index contributed by atoms with van der Waals surface area (Å²) in [6, 6.07) is 5.95. The van der Waals surface area contributed by atoms with Gasteiger partial charge in [0.1, 0.15) is 12.4 Å². The van der Waals surface area contributed by atoms with Gasteiger partial charge in [-0.2, -0.15) is 0 Å². The molecule has 0 spiro atoms.